The summed E-state index contributed by atoms with van der Waals surface area (Å²) in [5, 5.41) is 5.79. The quantitative estimate of drug-likeness (QED) is 0.617. The maximum Gasteiger partial charge on any atom is 0.238 e. The Morgan fingerprint density at radius 3 is 2.24 bits per heavy atom. The lowest BCUT2D eigenvalue weighted by atomic mass is 9.90. The number of anilines is 1. The van der Waals surface area contributed by atoms with E-state index in [1.54, 1.807) is 0 Å². The maximum atomic E-state index is 13.2. The zero-order valence-corrected chi connectivity index (χ0v) is 17.6. The summed E-state index contributed by atoms with van der Waals surface area (Å²) >= 11 is 1.51. The number of nitrogens with zero attached hydrogens (tertiary/aromatic N) is 2. The van der Waals surface area contributed by atoms with Gasteiger partial charge in [0.15, 0.2) is 5.13 Å². The maximum absolute atomic E-state index is 13.2. The number of hydrogen-bond acceptors (Lipinski definition) is 4. The van der Waals surface area contributed by atoms with Gasteiger partial charge in [0.25, 0.3) is 0 Å². The predicted molar refractivity (Wildman–Crippen MR) is 119 cm³/mol. The van der Waals surface area contributed by atoms with Crippen molar-refractivity contribution in [3.8, 4) is 0 Å². The molecule has 1 N–H and O–H groups in total. The molecule has 0 saturated carbocycles. The van der Waals surface area contributed by atoms with Crippen molar-refractivity contribution in [2.75, 3.05) is 18.4 Å². The van der Waals surface area contributed by atoms with Gasteiger partial charge in [-0.2, -0.15) is 0 Å². The first-order valence-corrected chi connectivity index (χ1v) is 11.1. The molecule has 1 aromatic heterocycles. The van der Waals surface area contributed by atoms with Crippen molar-refractivity contribution in [2.45, 2.75) is 32.2 Å². The van der Waals surface area contributed by atoms with Gasteiger partial charge in [0.05, 0.1) is 11.6 Å². The third kappa shape index (κ3) is 5.11. The lowest BCUT2D eigenvalue weighted by Gasteiger charge is -2.29. The molecule has 1 saturated heterocycles. The first-order chi connectivity index (χ1) is 14.2. The molecule has 0 radical (unpaired) electrons. The molecule has 29 heavy (non-hydrogen) atoms. The summed E-state index contributed by atoms with van der Waals surface area (Å²) in [4.78, 5) is 20.3. The highest BCUT2D eigenvalue weighted by Crippen LogP contribution is 2.27. The standard InChI is InChI=1S/C24H27N3OS/c1-18-12-14-27(15-13-18)16-21-17-29-24(25-21)26-23(28)22(19-8-4-2-5-9-19)20-10-6-3-7-11-20/h2-11,17-18,22H,12-16H2,1H3,(H,25,26,28). The van der Waals surface area contributed by atoms with Crippen molar-refractivity contribution in [3.05, 3.63) is 82.9 Å². The van der Waals surface area contributed by atoms with Crippen LogP contribution in [-0.4, -0.2) is 28.9 Å². The van der Waals surface area contributed by atoms with Crippen molar-refractivity contribution in [3.63, 3.8) is 0 Å². The molecule has 0 bridgehead atoms. The Hall–Kier alpha value is -2.50. The zero-order valence-electron chi connectivity index (χ0n) is 16.8. The zero-order chi connectivity index (χ0) is 20.1. The molecule has 5 heteroatoms. The van der Waals surface area contributed by atoms with E-state index in [9.17, 15) is 4.79 Å². The predicted octanol–water partition coefficient (Wildman–Crippen LogP) is 5.15. The van der Waals surface area contributed by atoms with Crippen molar-refractivity contribution in [2.24, 2.45) is 5.92 Å². The van der Waals surface area contributed by atoms with E-state index in [1.165, 1.54) is 24.2 Å². The summed E-state index contributed by atoms with van der Waals surface area (Å²) in [6.07, 6.45) is 2.51. The van der Waals surface area contributed by atoms with Gasteiger partial charge >= 0.3 is 0 Å². The van der Waals surface area contributed by atoms with Crippen molar-refractivity contribution in [1.82, 2.24) is 9.88 Å². The smallest absolute Gasteiger partial charge is 0.238 e. The van der Waals surface area contributed by atoms with E-state index in [0.29, 0.717) is 5.13 Å². The fourth-order valence-corrected chi connectivity index (χ4v) is 4.55. The SMILES string of the molecule is CC1CCN(Cc2csc(NC(=O)C(c3ccccc3)c3ccccc3)n2)CC1. The van der Waals surface area contributed by atoms with Crippen LogP contribution in [0.4, 0.5) is 5.13 Å². The summed E-state index contributed by atoms with van der Waals surface area (Å²) in [7, 11) is 0. The van der Waals surface area contributed by atoms with E-state index in [1.807, 2.05) is 60.7 Å². The van der Waals surface area contributed by atoms with E-state index in [0.717, 1.165) is 42.4 Å². The summed E-state index contributed by atoms with van der Waals surface area (Å²) in [5.74, 6) is 0.424. The van der Waals surface area contributed by atoms with Crippen LogP contribution in [0.5, 0.6) is 0 Å². The molecule has 4 nitrogen and oxygen atoms in total. The number of benzene rings is 2. The normalized spacial score (nSPS) is 15.5. The van der Waals surface area contributed by atoms with Gasteiger partial charge in [0, 0.05) is 11.9 Å². The third-order valence-electron chi connectivity index (χ3n) is 5.57. The highest BCUT2D eigenvalue weighted by Gasteiger charge is 2.24. The van der Waals surface area contributed by atoms with E-state index in [2.05, 4.69) is 27.5 Å². The Morgan fingerprint density at radius 2 is 1.66 bits per heavy atom. The van der Waals surface area contributed by atoms with Gasteiger partial charge in [-0.15, -0.1) is 11.3 Å². The minimum Gasteiger partial charge on any atom is -0.301 e. The Kier molecular flexibility index (Phi) is 6.37. The third-order valence-corrected chi connectivity index (χ3v) is 6.38. The first kappa shape index (κ1) is 19.8. The van der Waals surface area contributed by atoms with Crippen LogP contribution in [0.1, 0.15) is 42.5 Å². The molecule has 1 aliphatic heterocycles. The number of amides is 1. The van der Waals surface area contributed by atoms with Gasteiger partial charge in [0.1, 0.15) is 0 Å². The van der Waals surface area contributed by atoms with Gasteiger partial charge in [-0.3, -0.25) is 9.69 Å². The molecule has 150 valence electrons. The minimum absolute atomic E-state index is 0.0462. The fraction of sp³-hybridized carbons (Fsp3) is 0.333. The Bertz CT molecular complexity index is 878. The number of carbonyl (C=O) groups excluding carboxylic acids is 1. The van der Waals surface area contributed by atoms with Crippen LogP contribution >= 0.6 is 11.3 Å². The summed E-state index contributed by atoms with van der Waals surface area (Å²) < 4.78 is 0. The number of thiazole rings is 1. The number of piperidine rings is 1. The van der Waals surface area contributed by atoms with Crippen molar-refractivity contribution >= 4 is 22.4 Å². The number of likely N-dealkylation sites (tertiary alicyclic amines) is 1. The van der Waals surface area contributed by atoms with E-state index < -0.39 is 0 Å². The molecule has 0 aliphatic carbocycles. The Labute approximate surface area is 176 Å². The summed E-state index contributed by atoms with van der Waals surface area (Å²) in [6.45, 7) is 5.44. The van der Waals surface area contributed by atoms with Gasteiger partial charge < -0.3 is 5.32 Å². The number of hydrogen-bond donors (Lipinski definition) is 1. The first-order valence-electron chi connectivity index (χ1n) is 10.3. The van der Waals surface area contributed by atoms with Crippen LogP contribution in [0, 0.1) is 5.92 Å². The molecule has 2 aromatic carbocycles. The fourth-order valence-electron chi connectivity index (χ4n) is 3.85. The molecule has 0 unspecified atom stereocenters. The molecule has 0 spiro atoms. The van der Waals surface area contributed by atoms with E-state index >= 15 is 0 Å². The van der Waals surface area contributed by atoms with Gasteiger partial charge in [0.2, 0.25) is 5.91 Å². The molecular formula is C24H27N3OS. The molecule has 1 amide bonds. The lowest BCUT2D eigenvalue weighted by Crippen LogP contribution is -2.32. The van der Waals surface area contributed by atoms with E-state index in [-0.39, 0.29) is 11.8 Å². The molecule has 3 aromatic rings. The van der Waals surface area contributed by atoms with Crippen LogP contribution in [0.2, 0.25) is 0 Å². The highest BCUT2D eigenvalue weighted by atomic mass is 32.1. The van der Waals surface area contributed by atoms with Crippen molar-refractivity contribution in [1.29, 1.82) is 0 Å². The van der Waals surface area contributed by atoms with Crippen LogP contribution in [-0.2, 0) is 11.3 Å². The van der Waals surface area contributed by atoms with Crippen molar-refractivity contribution < 1.29 is 4.79 Å². The van der Waals surface area contributed by atoms with Crippen LogP contribution < -0.4 is 5.32 Å². The van der Waals surface area contributed by atoms with Gasteiger partial charge in [-0.1, -0.05) is 67.6 Å². The molecular weight excluding hydrogens is 378 g/mol. The number of aromatic nitrogens is 1. The summed E-state index contributed by atoms with van der Waals surface area (Å²) in [5.41, 5.74) is 3.00. The number of nitrogens with one attached hydrogen (secondary N) is 1. The second-order valence-corrected chi connectivity index (χ2v) is 8.70. The monoisotopic (exact) mass is 405 g/mol. The topological polar surface area (TPSA) is 45.2 Å². The van der Waals surface area contributed by atoms with E-state index in [4.69, 9.17) is 0 Å². The van der Waals surface area contributed by atoms with Crippen LogP contribution in [0.15, 0.2) is 66.0 Å². The lowest BCUT2D eigenvalue weighted by molar-refractivity contribution is -0.116. The minimum atomic E-state index is -0.353. The number of rotatable bonds is 6. The Morgan fingerprint density at radius 1 is 1.07 bits per heavy atom. The molecule has 0 atom stereocenters. The van der Waals surface area contributed by atoms with Crippen LogP contribution in [0.3, 0.4) is 0 Å². The molecule has 4 rings (SSSR count). The molecule has 1 fully saturated rings. The average molecular weight is 406 g/mol. The Balaban J connectivity index is 1.46. The second kappa shape index (κ2) is 9.33. The van der Waals surface area contributed by atoms with Gasteiger partial charge in [-0.05, 0) is 43.0 Å². The second-order valence-electron chi connectivity index (χ2n) is 7.85. The summed E-state index contributed by atoms with van der Waals surface area (Å²) in [6, 6.07) is 19.8. The van der Waals surface area contributed by atoms with Crippen LogP contribution in [0.25, 0.3) is 0 Å². The molecule has 1 aliphatic rings. The van der Waals surface area contributed by atoms with Gasteiger partial charge in [-0.25, -0.2) is 4.98 Å². The largest absolute Gasteiger partial charge is 0.301 e. The highest BCUT2D eigenvalue weighted by molar-refractivity contribution is 7.13. The number of carbonyl (C=O) groups is 1. The average Bonchev–Trinajstić information content (AvgIpc) is 3.18. The molecule has 2 heterocycles.